The number of rotatable bonds is 6. The number of nitrogens with zero attached hydrogens (tertiary/aromatic N) is 1. The zero-order valence-electron chi connectivity index (χ0n) is 12.4. The molecule has 1 aliphatic rings. The summed E-state index contributed by atoms with van der Waals surface area (Å²) in [6.45, 7) is 3.78. The summed E-state index contributed by atoms with van der Waals surface area (Å²) in [6.07, 6.45) is 12.6. The third kappa shape index (κ3) is 4.23. The average molecular weight is 267 g/mol. The first-order chi connectivity index (χ1) is 9.83. The monoisotopic (exact) mass is 267 g/mol. The summed E-state index contributed by atoms with van der Waals surface area (Å²) in [4.78, 5) is 0. The van der Waals surface area contributed by atoms with Crippen molar-refractivity contribution in [3.05, 3.63) is 48.0 Å². The summed E-state index contributed by atoms with van der Waals surface area (Å²) >= 11 is 0. The van der Waals surface area contributed by atoms with Crippen LogP contribution in [-0.4, -0.2) is 0 Å². The Kier molecular flexibility index (Phi) is 5.87. The molecule has 0 unspecified atom stereocenters. The van der Waals surface area contributed by atoms with Gasteiger partial charge in [-0.3, -0.25) is 0 Å². The zero-order valence-corrected chi connectivity index (χ0v) is 12.4. The summed E-state index contributed by atoms with van der Waals surface area (Å²) in [5.74, 6) is 1.65. The van der Waals surface area contributed by atoms with Gasteiger partial charge >= 0.3 is 0 Å². The van der Waals surface area contributed by atoms with Gasteiger partial charge in [0.2, 0.25) is 0 Å². The van der Waals surface area contributed by atoms with Crippen LogP contribution in [0.5, 0.6) is 0 Å². The number of hydrogen-bond acceptors (Lipinski definition) is 1. The van der Waals surface area contributed by atoms with Gasteiger partial charge in [-0.25, -0.2) is 0 Å². The van der Waals surface area contributed by atoms with E-state index >= 15 is 0 Å². The average Bonchev–Trinajstić information content (AvgIpc) is 2.52. The van der Waals surface area contributed by atoms with Crippen LogP contribution in [0, 0.1) is 17.2 Å². The van der Waals surface area contributed by atoms with Crippen molar-refractivity contribution in [3.63, 3.8) is 0 Å². The standard InChI is InChI=1S/C19H25N/c1-2-3-4-5-6-16-7-11-18(12-8-16)19-13-9-17(15-20)10-14-19/h2,9-10,13-14,16,18H,1,3-8,11-12H2/t16-,18-. The molecule has 106 valence electrons. The highest BCUT2D eigenvalue weighted by atomic mass is 14.3. The highest BCUT2D eigenvalue weighted by molar-refractivity contribution is 5.33. The predicted molar refractivity (Wildman–Crippen MR) is 84.5 cm³/mol. The van der Waals surface area contributed by atoms with Crippen LogP contribution in [0.1, 0.15) is 68.4 Å². The molecule has 0 saturated heterocycles. The second-order valence-electron chi connectivity index (χ2n) is 6.02. The van der Waals surface area contributed by atoms with Gasteiger partial charge in [0.1, 0.15) is 0 Å². The van der Waals surface area contributed by atoms with E-state index in [9.17, 15) is 0 Å². The molecule has 1 fully saturated rings. The second kappa shape index (κ2) is 7.90. The molecule has 0 aromatic heterocycles. The van der Waals surface area contributed by atoms with Crippen molar-refractivity contribution in [2.75, 3.05) is 0 Å². The molecule has 0 radical (unpaired) electrons. The molecule has 0 spiro atoms. The quantitative estimate of drug-likeness (QED) is 0.487. The maximum atomic E-state index is 8.84. The fourth-order valence-electron chi connectivity index (χ4n) is 3.34. The Bertz CT molecular complexity index is 444. The van der Waals surface area contributed by atoms with E-state index in [0.717, 1.165) is 11.5 Å². The number of hydrogen-bond donors (Lipinski definition) is 0. The van der Waals surface area contributed by atoms with E-state index in [0.29, 0.717) is 5.92 Å². The van der Waals surface area contributed by atoms with E-state index in [4.69, 9.17) is 5.26 Å². The number of benzene rings is 1. The van der Waals surface area contributed by atoms with Crippen LogP contribution in [0.2, 0.25) is 0 Å². The Labute approximate surface area is 123 Å². The van der Waals surface area contributed by atoms with E-state index in [1.54, 1.807) is 0 Å². The largest absolute Gasteiger partial charge is 0.192 e. The minimum Gasteiger partial charge on any atom is -0.192 e. The second-order valence-corrected chi connectivity index (χ2v) is 6.02. The lowest BCUT2D eigenvalue weighted by atomic mass is 9.77. The van der Waals surface area contributed by atoms with Gasteiger partial charge in [-0.15, -0.1) is 6.58 Å². The van der Waals surface area contributed by atoms with E-state index in [1.807, 2.05) is 18.2 Å². The van der Waals surface area contributed by atoms with Gasteiger partial charge in [0.05, 0.1) is 11.6 Å². The SMILES string of the molecule is C=CCCCC[C@H]1CC[C@H](c2ccc(C#N)cc2)CC1. The molecule has 1 nitrogen and oxygen atoms in total. The lowest BCUT2D eigenvalue weighted by Crippen LogP contribution is -2.13. The van der Waals surface area contributed by atoms with Crippen LogP contribution in [-0.2, 0) is 0 Å². The summed E-state index contributed by atoms with van der Waals surface area (Å²) in [7, 11) is 0. The Morgan fingerprint density at radius 2 is 1.80 bits per heavy atom. The normalized spacial score (nSPS) is 22.1. The van der Waals surface area contributed by atoms with Crippen molar-refractivity contribution in [2.45, 2.75) is 57.3 Å². The molecule has 0 N–H and O–H groups in total. The summed E-state index contributed by atoms with van der Waals surface area (Å²) in [5.41, 5.74) is 2.19. The van der Waals surface area contributed by atoms with Crippen molar-refractivity contribution < 1.29 is 0 Å². The van der Waals surface area contributed by atoms with Gasteiger partial charge in [-0.05, 0) is 68.1 Å². The number of allylic oxidation sites excluding steroid dienone is 1. The molecule has 1 aromatic rings. The Morgan fingerprint density at radius 1 is 1.10 bits per heavy atom. The molecule has 1 saturated carbocycles. The van der Waals surface area contributed by atoms with Crippen molar-refractivity contribution in [1.82, 2.24) is 0 Å². The molecule has 20 heavy (non-hydrogen) atoms. The summed E-state index contributed by atoms with van der Waals surface area (Å²) < 4.78 is 0. The molecule has 1 aromatic carbocycles. The van der Waals surface area contributed by atoms with Gasteiger partial charge in [-0.1, -0.05) is 31.1 Å². The molecule has 0 bridgehead atoms. The van der Waals surface area contributed by atoms with Gasteiger partial charge in [0.25, 0.3) is 0 Å². The van der Waals surface area contributed by atoms with Crippen LogP contribution < -0.4 is 0 Å². The fraction of sp³-hybridized carbons (Fsp3) is 0.526. The maximum absolute atomic E-state index is 8.84. The molecule has 1 aliphatic carbocycles. The fourth-order valence-corrected chi connectivity index (χ4v) is 3.34. The molecule has 1 heteroatoms. The lowest BCUT2D eigenvalue weighted by Gasteiger charge is -2.28. The van der Waals surface area contributed by atoms with Crippen LogP contribution in [0.25, 0.3) is 0 Å². The van der Waals surface area contributed by atoms with E-state index in [2.05, 4.69) is 24.8 Å². The zero-order chi connectivity index (χ0) is 14.2. The number of unbranched alkanes of at least 4 members (excludes halogenated alkanes) is 2. The molecule has 0 amide bonds. The minimum absolute atomic E-state index is 0.715. The lowest BCUT2D eigenvalue weighted by molar-refractivity contribution is 0.303. The predicted octanol–water partition coefficient (Wildman–Crippen LogP) is 5.58. The van der Waals surface area contributed by atoms with Gasteiger partial charge in [0.15, 0.2) is 0 Å². The van der Waals surface area contributed by atoms with Gasteiger partial charge < -0.3 is 0 Å². The van der Waals surface area contributed by atoms with Crippen molar-refractivity contribution in [1.29, 1.82) is 5.26 Å². The van der Waals surface area contributed by atoms with Crippen molar-refractivity contribution in [3.8, 4) is 6.07 Å². The molecule has 2 rings (SSSR count). The first kappa shape index (κ1) is 14.9. The van der Waals surface area contributed by atoms with E-state index in [1.165, 1.54) is 56.9 Å². The molecule has 0 atom stereocenters. The summed E-state index contributed by atoms with van der Waals surface area (Å²) in [5, 5.41) is 8.84. The van der Waals surface area contributed by atoms with E-state index in [-0.39, 0.29) is 0 Å². The van der Waals surface area contributed by atoms with Crippen molar-refractivity contribution in [2.24, 2.45) is 5.92 Å². The summed E-state index contributed by atoms with van der Waals surface area (Å²) in [6, 6.07) is 10.4. The van der Waals surface area contributed by atoms with Crippen LogP contribution >= 0.6 is 0 Å². The molecule has 0 aliphatic heterocycles. The highest BCUT2D eigenvalue weighted by Gasteiger charge is 2.21. The van der Waals surface area contributed by atoms with Crippen LogP contribution in [0.15, 0.2) is 36.9 Å². The third-order valence-corrected chi connectivity index (χ3v) is 4.63. The Hall–Kier alpha value is -1.55. The van der Waals surface area contributed by atoms with Crippen molar-refractivity contribution >= 4 is 0 Å². The Balaban J connectivity index is 1.76. The topological polar surface area (TPSA) is 23.8 Å². The minimum atomic E-state index is 0.715. The molecule has 0 heterocycles. The van der Waals surface area contributed by atoms with Gasteiger partial charge in [-0.2, -0.15) is 5.26 Å². The third-order valence-electron chi connectivity index (χ3n) is 4.63. The smallest absolute Gasteiger partial charge is 0.0991 e. The van der Waals surface area contributed by atoms with E-state index < -0.39 is 0 Å². The molecular weight excluding hydrogens is 242 g/mol. The Morgan fingerprint density at radius 3 is 2.40 bits per heavy atom. The maximum Gasteiger partial charge on any atom is 0.0991 e. The number of nitriles is 1. The first-order valence-electron chi connectivity index (χ1n) is 7.94. The van der Waals surface area contributed by atoms with Gasteiger partial charge in [0, 0.05) is 0 Å². The van der Waals surface area contributed by atoms with Crippen LogP contribution in [0.3, 0.4) is 0 Å². The van der Waals surface area contributed by atoms with Crippen LogP contribution in [0.4, 0.5) is 0 Å². The highest BCUT2D eigenvalue weighted by Crippen LogP contribution is 2.37. The first-order valence-corrected chi connectivity index (χ1v) is 7.94. The molecular formula is C19H25N.